The zero-order valence-corrected chi connectivity index (χ0v) is 12.6. The van der Waals surface area contributed by atoms with Crippen LogP contribution in [0.4, 0.5) is 0 Å². The van der Waals surface area contributed by atoms with Crippen LogP contribution < -0.4 is 0 Å². The number of benzene rings is 3. The number of hydrogen-bond donors (Lipinski definition) is 0. The second kappa shape index (κ2) is 8.76. The maximum atomic E-state index is 2.20. The van der Waals surface area contributed by atoms with E-state index in [1.165, 1.54) is 29.5 Å². The molecule has 0 N–H and O–H groups in total. The van der Waals surface area contributed by atoms with Gasteiger partial charge in [0.05, 0.1) is 0 Å². The molecule has 0 saturated carbocycles. The van der Waals surface area contributed by atoms with E-state index in [0.717, 1.165) is 0 Å². The third kappa shape index (κ3) is 5.27. The zero-order chi connectivity index (χ0) is 14.8. The van der Waals surface area contributed by atoms with Crippen LogP contribution in [-0.2, 0) is 6.42 Å². The Morgan fingerprint density at radius 1 is 0.524 bits per heavy atom. The van der Waals surface area contributed by atoms with Crippen LogP contribution in [0.1, 0.15) is 18.9 Å². The summed E-state index contributed by atoms with van der Waals surface area (Å²) in [7, 11) is 0. The molecular weight excluding hydrogens is 252 g/mol. The lowest BCUT2D eigenvalue weighted by atomic mass is 10.1. The van der Waals surface area contributed by atoms with Gasteiger partial charge in [-0.25, -0.2) is 0 Å². The highest BCUT2D eigenvalue weighted by atomic mass is 14.0. The third-order valence-electron chi connectivity index (χ3n) is 3.26. The lowest BCUT2D eigenvalue weighted by molar-refractivity contribution is 0.922. The smallest absolute Gasteiger partial charge is 0.0184 e. The molecule has 0 heteroatoms. The van der Waals surface area contributed by atoms with Crippen molar-refractivity contribution in [2.75, 3.05) is 0 Å². The van der Waals surface area contributed by atoms with E-state index in [2.05, 4.69) is 85.8 Å². The molecule has 0 aromatic heterocycles. The summed E-state index contributed by atoms with van der Waals surface area (Å²) in [5, 5.41) is 0. The van der Waals surface area contributed by atoms with Crippen LogP contribution in [-0.4, -0.2) is 0 Å². The summed E-state index contributed by atoms with van der Waals surface area (Å²) >= 11 is 0. The van der Waals surface area contributed by atoms with Gasteiger partial charge < -0.3 is 0 Å². The topological polar surface area (TPSA) is 0 Å². The monoisotopic (exact) mass is 274 g/mol. The molecule has 0 nitrogen and oxygen atoms in total. The Morgan fingerprint density at radius 3 is 1.29 bits per heavy atom. The number of aryl methyl sites for hydroxylation is 1. The minimum Gasteiger partial charge on any atom is -0.0651 e. The summed E-state index contributed by atoms with van der Waals surface area (Å²) < 4.78 is 0. The fourth-order valence-electron chi connectivity index (χ4n) is 2.19. The predicted molar refractivity (Wildman–Crippen MR) is 92.3 cm³/mol. The van der Waals surface area contributed by atoms with E-state index < -0.39 is 0 Å². The van der Waals surface area contributed by atoms with E-state index in [4.69, 9.17) is 0 Å². The van der Waals surface area contributed by atoms with Gasteiger partial charge in [0.1, 0.15) is 0 Å². The molecule has 0 amide bonds. The van der Waals surface area contributed by atoms with Crippen LogP contribution in [0.25, 0.3) is 11.1 Å². The first-order valence-electron chi connectivity index (χ1n) is 7.54. The quantitative estimate of drug-likeness (QED) is 0.550. The summed E-state index contributed by atoms with van der Waals surface area (Å²) in [5.41, 5.74) is 4.00. The Morgan fingerprint density at radius 2 is 0.905 bits per heavy atom. The predicted octanol–water partition coefficient (Wildman–Crippen LogP) is 5.99. The van der Waals surface area contributed by atoms with Gasteiger partial charge in [-0.05, 0) is 23.1 Å². The Balaban J connectivity index is 0.000000161. The van der Waals surface area contributed by atoms with Crippen molar-refractivity contribution < 1.29 is 0 Å². The minimum absolute atomic E-state index is 1.21. The second-order valence-corrected chi connectivity index (χ2v) is 4.97. The molecule has 0 radical (unpaired) electrons. The van der Waals surface area contributed by atoms with Gasteiger partial charge in [-0.15, -0.1) is 0 Å². The van der Waals surface area contributed by atoms with Crippen molar-refractivity contribution >= 4 is 0 Å². The SMILES string of the molecule is CCCc1ccccc1.c1ccc(-c2ccccc2)cc1. The van der Waals surface area contributed by atoms with Gasteiger partial charge in [-0.2, -0.15) is 0 Å². The van der Waals surface area contributed by atoms with Crippen LogP contribution in [0.2, 0.25) is 0 Å². The van der Waals surface area contributed by atoms with E-state index in [1.54, 1.807) is 0 Å². The van der Waals surface area contributed by atoms with Crippen LogP contribution in [0.15, 0.2) is 91.0 Å². The summed E-state index contributed by atoms with van der Waals surface area (Å²) in [4.78, 5) is 0. The van der Waals surface area contributed by atoms with E-state index in [9.17, 15) is 0 Å². The highest BCUT2D eigenvalue weighted by molar-refractivity contribution is 5.62. The summed E-state index contributed by atoms with van der Waals surface area (Å²) in [5.74, 6) is 0. The molecule has 3 rings (SSSR count). The fourth-order valence-corrected chi connectivity index (χ4v) is 2.19. The molecule has 21 heavy (non-hydrogen) atoms. The lowest BCUT2D eigenvalue weighted by Crippen LogP contribution is -1.78. The maximum absolute atomic E-state index is 2.20. The van der Waals surface area contributed by atoms with E-state index in [-0.39, 0.29) is 0 Å². The van der Waals surface area contributed by atoms with Crippen molar-refractivity contribution in [1.29, 1.82) is 0 Å². The average molecular weight is 274 g/mol. The molecule has 0 saturated heterocycles. The first-order chi connectivity index (χ1) is 10.4. The minimum atomic E-state index is 1.21. The van der Waals surface area contributed by atoms with Crippen molar-refractivity contribution in [3.8, 4) is 11.1 Å². The molecule has 0 spiro atoms. The van der Waals surface area contributed by atoms with Crippen LogP contribution in [0.5, 0.6) is 0 Å². The molecule has 0 unspecified atom stereocenters. The summed E-state index contributed by atoms with van der Waals surface area (Å²) in [6, 6.07) is 31.4. The molecular formula is C21H22. The molecule has 0 bridgehead atoms. The van der Waals surface area contributed by atoms with Crippen molar-refractivity contribution in [3.63, 3.8) is 0 Å². The fraction of sp³-hybridized carbons (Fsp3) is 0.143. The highest BCUT2D eigenvalue weighted by Crippen LogP contribution is 2.17. The number of hydrogen-bond acceptors (Lipinski definition) is 0. The molecule has 0 aliphatic rings. The second-order valence-electron chi connectivity index (χ2n) is 4.97. The molecule has 0 aliphatic heterocycles. The van der Waals surface area contributed by atoms with E-state index >= 15 is 0 Å². The van der Waals surface area contributed by atoms with Crippen molar-refractivity contribution in [3.05, 3.63) is 96.6 Å². The van der Waals surface area contributed by atoms with Gasteiger partial charge in [0, 0.05) is 0 Å². The molecule has 3 aromatic carbocycles. The lowest BCUT2D eigenvalue weighted by Gasteiger charge is -1.98. The van der Waals surface area contributed by atoms with Gasteiger partial charge in [0.2, 0.25) is 0 Å². The first kappa shape index (κ1) is 15.1. The van der Waals surface area contributed by atoms with Crippen LogP contribution >= 0.6 is 0 Å². The van der Waals surface area contributed by atoms with Crippen LogP contribution in [0.3, 0.4) is 0 Å². The van der Waals surface area contributed by atoms with Crippen LogP contribution in [0, 0.1) is 0 Å². The summed E-state index contributed by atoms with van der Waals surface area (Å²) in [6.45, 7) is 2.20. The highest BCUT2D eigenvalue weighted by Gasteiger charge is 1.91. The third-order valence-corrected chi connectivity index (χ3v) is 3.26. The van der Waals surface area contributed by atoms with Crippen molar-refractivity contribution in [2.24, 2.45) is 0 Å². The standard InChI is InChI=1S/C12H10.C9H12/c1-3-7-11(8-4-1)12-9-5-2-6-10-12;1-2-6-9-7-4-3-5-8-9/h1-10H;3-5,7-8H,2,6H2,1H3. The Labute approximate surface area is 128 Å². The molecule has 106 valence electrons. The Kier molecular flexibility index (Phi) is 6.28. The molecule has 0 fully saturated rings. The Bertz CT molecular complexity index is 560. The normalized spacial score (nSPS) is 9.57. The Hall–Kier alpha value is -2.34. The van der Waals surface area contributed by atoms with Gasteiger partial charge in [-0.1, -0.05) is 104 Å². The van der Waals surface area contributed by atoms with Gasteiger partial charge in [0.15, 0.2) is 0 Å². The van der Waals surface area contributed by atoms with Gasteiger partial charge in [0.25, 0.3) is 0 Å². The van der Waals surface area contributed by atoms with Crippen molar-refractivity contribution in [1.82, 2.24) is 0 Å². The van der Waals surface area contributed by atoms with Gasteiger partial charge >= 0.3 is 0 Å². The largest absolute Gasteiger partial charge is 0.0651 e. The molecule has 0 heterocycles. The van der Waals surface area contributed by atoms with E-state index in [1.807, 2.05) is 12.1 Å². The summed E-state index contributed by atoms with van der Waals surface area (Å²) in [6.07, 6.45) is 2.45. The molecule has 0 atom stereocenters. The average Bonchev–Trinajstić information content (AvgIpc) is 2.58. The van der Waals surface area contributed by atoms with Crippen molar-refractivity contribution in [2.45, 2.75) is 19.8 Å². The van der Waals surface area contributed by atoms with E-state index in [0.29, 0.717) is 0 Å². The first-order valence-corrected chi connectivity index (χ1v) is 7.54. The maximum Gasteiger partial charge on any atom is -0.0184 e. The molecule has 0 aliphatic carbocycles. The zero-order valence-electron chi connectivity index (χ0n) is 12.6. The molecule has 3 aromatic rings. The number of rotatable bonds is 3. The van der Waals surface area contributed by atoms with Gasteiger partial charge in [-0.3, -0.25) is 0 Å².